The predicted octanol–water partition coefficient (Wildman–Crippen LogP) is 21.6. The first-order chi connectivity index (χ1) is 37.5. The van der Waals surface area contributed by atoms with Gasteiger partial charge in [0.1, 0.15) is 13.2 Å². The van der Waals surface area contributed by atoms with Crippen LogP contribution in [0, 0.1) is 0 Å². The van der Waals surface area contributed by atoms with Gasteiger partial charge in [-0.25, -0.2) is 0 Å². The van der Waals surface area contributed by atoms with Crippen molar-refractivity contribution in [2.75, 3.05) is 13.2 Å². The van der Waals surface area contributed by atoms with E-state index < -0.39 is 6.10 Å². The summed E-state index contributed by atoms with van der Waals surface area (Å²) in [4.78, 5) is 38.2. The molecule has 0 aliphatic heterocycles. The minimum Gasteiger partial charge on any atom is -0.462 e. The number of unbranched alkanes of at least 4 members (excludes halogenated alkanes) is 25. The molecule has 1 atom stereocenters. The van der Waals surface area contributed by atoms with Gasteiger partial charge in [0.2, 0.25) is 0 Å². The average Bonchev–Trinajstić information content (AvgIpc) is 3.42. The molecule has 0 amide bonds. The largest absolute Gasteiger partial charge is 0.462 e. The second kappa shape index (κ2) is 63.3. The molecule has 0 aromatic heterocycles. The second-order valence-corrected chi connectivity index (χ2v) is 20.6. The van der Waals surface area contributed by atoms with Crippen molar-refractivity contribution < 1.29 is 28.6 Å². The van der Waals surface area contributed by atoms with Gasteiger partial charge in [0.15, 0.2) is 6.10 Å². The van der Waals surface area contributed by atoms with Crippen LogP contribution in [-0.2, 0) is 28.6 Å². The molecule has 432 valence electrons. The molecule has 0 saturated heterocycles. The monoisotopic (exact) mass is 1050 g/mol. The average molecular weight is 1050 g/mol. The van der Waals surface area contributed by atoms with Gasteiger partial charge in [-0.15, -0.1) is 0 Å². The highest BCUT2D eigenvalue weighted by molar-refractivity contribution is 5.71. The first-order valence-corrected chi connectivity index (χ1v) is 31.5. The van der Waals surface area contributed by atoms with Crippen LogP contribution in [0.1, 0.15) is 284 Å². The number of carbonyl (C=O) groups is 3. The van der Waals surface area contributed by atoms with Crippen molar-refractivity contribution in [2.24, 2.45) is 0 Å². The van der Waals surface area contributed by atoms with E-state index in [1.165, 1.54) is 109 Å². The third-order valence-electron chi connectivity index (χ3n) is 13.2. The van der Waals surface area contributed by atoms with Gasteiger partial charge in [0.25, 0.3) is 0 Å². The smallest absolute Gasteiger partial charge is 0.306 e. The lowest BCUT2D eigenvalue weighted by Gasteiger charge is -2.18. The highest BCUT2D eigenvalue weighted by Crippen LogP contribution is 2.16. The quantitative estimate of drug-likeness (QED) is 0.0261. The molecule has 6 nitrogen and oxygen atoms in total. The fraction of sp³-hybridized carbons (Fsp3) is 0.671. The van der Waals surface area contributed by atoms with Gasteiger partial charge < -0.3 is 14.2 Å². The number of rotatable bonds is 56. The first-order valence-electron chi connectivity index (χ1n) is 31.5. The lowest BCUT2D eigenvalue weighted by atomic mass is 10.0. The van der Waals surface area contributed by atoms with Crippen molar-refractivity contribution in [3.05, 3.63) is 122 Å². The van der Waals surface area contributed by atoms with Crippen LogP contribution >= 0.6 is 0 Å². The van der Waals surface area contributed by atoms with Gasteiger partial charge in [-0.1, -0.05) is 277 Å². The zero-order valence-corrected chi connectivity index (χ0v) is 49.5. The summed E-state index contributed by atoms with van der Waals surface area (Å²) in [6.07, 6.45) is 87.8. The zero-order chi connectivity index (χ0) is 55.0. The molecule has 0 radical (unpaired) electrons. The Hall–Kier alpha value is -4.19. The summed E-state index contributed by atoms with van der Waals surface area (Å²) in [7, 11) is 0. The van der Waals surface area contributed by atoms with Gasteiger partial charge >= 0.3 is 17.9 Å². The summed E-state index contributed by atoms with van der Waals surface area (Å²) in [6, 6.07) is 0. The van der Waals surface area contributed by atoms with Crippen LogP contribution in [-0.4, -0.2) is 37.2 Å². The molecule has 0 fully saturated rings. The molecule has 1 unspecified atom stereocenters. The molecule has 0 aromatic rings. The maximum atomic E-state index is 12.9. The Morgan fingerprint density at radius 3 is 0.803 bits per heavy atom. The molecule has 0 N–H and O–H groups in total. The van der Waals surface area contributed by atoms with Gasteiger partial charge in [-0.3, -0.25) is 14.4 Å². The summed E-state index contributed by atoms with van der Waals surface area (Å²) in [6.45, 7) is 6.39. The summed E-state index contributed by atoms with van der Waals surface area (Å²) in [5, 5.41) is 0. The Balaban J connectivity index is 4.22. The van der Waals surface area contributed by atoms with Crippen LogP contribution in [0.25, 0.3) is 0 Å². The first kappa shape index (κ1) is 71.8. The van der Waals surface area contributed by atoms with Gasteiger partial charge in [-0.2, -0.15) is 0 Å². The normalized spacial score (nSPS) is 12.9. The molecule has 0 rings (SSSR count). The third kappa shape index (κ3) is 60.7. The third-order valence-corrected chi connectivity index (χ3v) is 13.2. The number of allylic oxidation sites excluding steroid dienone is 20. The van der Waals surface area contributed by atoms with E-state index in [1.54, 1.807) is 0 Å². The van der Waals surface area contributed by atoms with Crippen molar-refractivity contribution in [3.63, 3.8) is 0 Å². The standard InChI is InChI=1S/C70H116O6/c1-4-7-10-13-16-19-22-24-26-28-29-30-31-32-33-34-35-36-37-38-39-40-41-43-44-46-48-51-54-57-60-63-69(72)75-66-67(65-74-68(71)62-59-56-53-50-21-18-15-12-9-6-3)76-70(73)64-61-58-55-52-49-47-45-42-27-25-23-20-17-14-11-8-5-2/h7-8,10-11,16-17,19-20,24-27,29-30,32-33,35-36,45,47,67H,4-6,9,12-15,18,21-23,28,31,34,37-44,46,48-66H2,1-3H3/b10-7-,11-8-,19-16-,20-17-,26-24-,27-25-,30-29-,33-32-,36-35-,47-45-. The van der Waals surface area contributed by atoms with E-state index in [-0.39, 0.29) is 31.1 Å². The summed E-state index contributed by atoms with van der Waals surface area (Å²) in [5.74, 6) is -0.912. The molecule has 0 bridgehead atoms. The minimum absolute atomic E-state index is 0.0877. The number of ether oxygens (including phenoxy) is 3. The summed E-state index contributed by atoms with van der Waals surface area (Å²) >= 11 is 0. The van der Waals surface area contributed by atoms with Crippen molar-refractivity contribution in [1.29, 1.82) is 0 Å². The van der Waals surface area contributed by atoms with E-state index in [0.29, 0.717) is 19.3 Å². The van der Waals surface area contributed by atoms with Crippen LogP contribution in [0.3, 0.4) is 0 Å². The summed E-state index contributed by atoms with van der Waals surface area (Å²) in [5.41, 5.74) is 0. The van der Waals surface area contributed by atoms with E-state index in [9.17, 15) is 14.4 Å². The topological polar surface area (TPSA) is 78.9 Å². The van der Waals surface area contributed by atoms with E-state index in [2.05, 4.69) is 142 Å². The van der Waals surface area contributed by atoms with Crippen molar-refractivity contribution in [2.45, 2.75) is 290 Å². The Morgan fingerprint density at radius 1 is 0.276 bits per heavy atom. The Labute approximate surface area is 469 Å². The van der Waals surface area contributed by atoms with E-state index in [1.807, 2.05) is 0 Å². The number of esters is 3. The van der Waals surface area contributed by atoms with Crippen molar-refractivity contribution in [1.82, 2.24) is 0 Å². The SMILES string of the molecule is CC/C=C\C/C=C\C/C=C\C/C=C\C/C=C\C/C=C\CCCCCCCCCCCCCCC(=O)OCC(COC(=O)CCCCCCCCCCCC)OC(=O)CCCCCC/C=C\C/C=C\C/C=C\C/C=C\CC. The van der Waals surface area contributed by atoms with Crippen LogP contribution in [0.4, 0.5) is 0 Å². The molecule has 0 spiro atoms. The van der Waals surface area contributed by atoms with E-state index >= 15 is 0 Å². The second-order valence-electron chi connectivity index (χ2n) is 20.6. The van der Waals surface area contributed by atoms with E-state index in [0.717, 1.165) is 135 Å². The Morgan fingerprint density at radius 2 is 0.513 bits per heavy atom. The highest BCUT2D eigenvalue weighted by Gasteiger charge is 2.19. The van der Waals surface area contributed by atoms with Crippen LogP contribution in [0.5, 0.6) is 0 Å². The van der Waals surface area contributed by atoms with Crippen LogP contribution in [0.2, 0.25) is 0 Å². The fourth-order valence-corrected chi connectivity index (χ4v) is 8.56. The molecule has 6 heteroatoms. The lowest BCUT2D eigenvalue weighted by Crippen LogP contribution is -2.30. The van der Waals surface area contributed by atoms with Gasteiger partial charge in [0, 0.05) is 19.3 Å². The zero-order valence-electron chi connectivity index (χ0n) is 49.5. The van der Waals surface area contributed by atoms with Crippen molar-refractivity contribution >= 4 is 17.9 Å². The molecule has 76 heavy (non-hydrogen) atoms. The number of carbonyl (C=O) groups excluding carboxylic acids is 3. The molecule has 0 aliphatic rings. The van der Waals surface area contributed by atoms with Crippen LogP contribution in [0.15, 0.2) is 122 Å². The molecule has 0 heterocycles. The molecule has 0 saturated carbocycles. The minimum atomic E-state index is -0.792. The van der Waals surface area contributed by atoms with E-state index in [4.69, 9.17) is 14.2 Å². The van der Waals surface area contributed by atoms with Gasteiger partial charge in [0.05, 0.1) is 0 Å². The van der Waals surface area contributed by atoms with Gasteiger partial charge in [-0.05, 0) is 109 Å². The number of hydrogen-bond donors (Lipinski definition) is 0. The predicted molar refractivity (Wildman–Crippen MR) is 330 cm³/mol. The molecule has 0 aliphatic carbocycles. The summed E-state index contributed by atoms with van der Waals surface area (Å²) < 4.78 is 16.9. The van der Waals surface area contributed by atoms with Crippen LogP contribution < -0.4 is 0 Å². The maximum absolute atomic E-state index is 12.9. The lowest BCUT2D eigenvalue weighted by molar-refractivity contribution is -0.167. The fourth-order valence-electron chi connectivity index (χ4n) is 8.56. The Kier molecular flexibility index (Phi) is 59.9. The maximum Gasteiger partial charge on any atom is 0.306 e. The molecule has 0 aromatic carbocycles. The number of hydrogen-bond acceptors (Lipinski definition) is 6. The van der Waals surface area contributed by atoms with Crippen molar-refractivity contribution in [3.8, 4) is 0 Å². The highest BCUT2D eigenvalue weighted by atomic mass is 16.6. The molecular weight excluding hydrogens is 937 g/mol. The molecular formula is C70H116O6. The Bertz CT molecular complexity index is 1590.